The van der Waals surface area contributed by atoms with Gasteiger partial charge in [-0.15, -0.1) is 0 Å². The quantitative estimate of drug-likeness (QED) is 0.291. The number of hydrogen-bond acceptors (Lipinski definition) is 5. The number of hydrogen-bond donors (Lipinski definition) is 1. The first-order valence-corrected chi connectivity index (χ1v) is 11.6. The van der Waals surface area contributed by atoms with E-state index in [-0.39, 0.29) is 11.6 Å². The Morgan fingerprint density at radius 2 is 1.86 bits per heavy atom. The summed E-state index contributed by atoms with van der Waals surface area (Å²) in [7, 11) is 0. The van der Waals surface area contributed by atoms with Crippen LogP contribution in [0.1, 0.15) is 41.4 Å². The summed E-state index contributed by atoms with van der Waals surface area (Å²) in [6.07, 6.45) is 2.47. The third-order valence-electron chi connectivity index (χ3n) is 5.98. The fourth-order valence-corrected chi connectivity index (χ4v) is 4.03. The minimum atomic E-state index is -4.53. The van der Waals surface area contributed by atoms with Crippen LogP contribution in [0.4, 0.5) is 24.8 Å². The van der Waals surface area contributed by atoms with E-state index in [1.54, 1.807) is 36.8 Å². The number of nitrogens with zero attached hydrogens (tertiary/aromatic N) is 5. The van der Waals surface area contributed by atoms with Crippen LogP contribution >= 0.6 is 0 Å². The first-order chi connectivity index (χ1) is 17.6. The minimum Gasteiger partial charge on any atom is -0.324 e. The van der Waals surface area contributed by atoms with Crippen LogP contribution in [0.2, 0.25) is 0 Å². The number of anilines is 2. The van der Waals surface area contributed by atoms with Crippen LogP contribution in [-0.2, 0) is 6.18 Å². The van der Waals surface area contributed by atoms with Crippen LogP contribution in [0.25, 0.3) is 22.2 Å². The number of aryl methyl sites for hydroxylation is 1. The van der Waals surface area contributed by atoms with E-state index in [1.165, 1.54) is 16.7 Å². The van der Waals surface area contributed by atoms with Crippen molar-refractivity contribution in [2.75, 3.05) is 5.32 Å². The summed E-state index contributed by atoms with van der Waals surface area (Å²) in [6, 6.07) is 11.7. The molecule has 0 radical (unpaired) electrons. The lowest BCUT2D eigenvalue weighted by Gasteiger charge is -2.10. The van der Waals surface area contributed by atoms with E-state index in [0.29, 0.717) is 17.2 Å². The Balaban J connectivity index is 1.41. The fourth-order valence-electron chi connectivity index (χ4n) is 4.03. The topological polar surface area (TPSA) is 77.6 Å². The van der Waals surface area contributed by atoms with Crippen LogP contribution < -0.4 is 5.32 Å². The third kappa shape index (κ3) is 4.82. The summed E-state index contributed by atoms with van der Waals surface area (Å²) in [4.78, 5) is 22.0. The van der Waals surface area contributed by atoms with E-state index in [0.717, 1.165) is 34.3 Å². The maximum atomic E-state index is 13.1. The molecule has 10 heteroatoms. The average molecular weight is 505 g/mol. The zero-order chi connectivity index (χ0) is 26.3. The Morgan fingerprint density at radius 3 is 2.59 bits per heavy atom. The number of alkyl halides is 3. The minimum absolute atomic E-state index is 0.0455. The monoisotopic (exact) mass is 504 g/mol. The van der Waals surface area contributed by atoms with Crippen molar-refractivity contribution >= 4 is 28.4 Å². The molecule has 37 heavy (non-hydrogen) atoms. The van der Waals surface area contributed by atoms with Crippen molar-refractivity contribution in [3.63, 3.8) is 0 Å². The van der Waals surface area contributed by atoms with E-state index >= 15 is 0 Å². The van der Waals surface area contributed by atoms with E-state index < -0.39 is 17.6 Å². The molecule has 0 saturated heterocycles. The first-order valence-electron chi connectivity index (χ1n) is 11.6. The molecule has 0 bridgehead atoms. The van der Waals surface area contributed by atoms with Gasteiger partial charge in [0.25, 0.3) is 5.91 Å². The molecule has 7 nitrogen and oxygen atoms in total. The molecule has 5 aromatic rings. The molecule has 0 amide bonds. The zero-order valence-electron chi connectivity index (χ0n) is 20.3. The Morgan fingerprint density at radius 1 is 1.05 bits per heavy atom. The molecule has 0 aliphatic carbocycles. The SMILES string of the molecule is Cc1cnc(Nc2ccc3c(ccn3C(=O)c3cccc(C(F)(F)F)c3)c2)nc1-c1cnn(C(C)C)c1. The van der Waals surface area contributed by atoms with Gasteiger partial charge >= 0.3 is 6.18 Å². The van der Waals surface area contributed by atoms with Gasteiger partial charge in [-0.25, -0.2) is 9.97 Å². The van der Waals surface area contributed by atoms with Crippen LogP contribution in [0.15, 0.2) is 73.3 Å². The summed E-state index contributed by atoms with van der Waals surface area (Å²) >= 11 is 0. The first kappa shape index (κ1) is 24.2. The van der Waals surface area contributed by atoms with Gasteiger partial charge in [0, 0.05) is 46.8 Å². The van der Waals surface area contributed by atoms with Crippen molar-refractivity contribution in [2.24, 2.45) is 0 Å². The predicted octanol–water partition coefficient (Wildman–Crippen LogP) is 6.64. The summed E-state index contributed by atoms with van der Waals surface area (Å²) in [5.41, 5.74) is 2.92. The second kappa shape index (κ2) is 9.20. The van der Waals surface area contributed by atoms with Gasteiger partial charge in [-0.05, 0) is 68.8 Å². The lowest BCUT2D eigenvalue weighted by Crippen LogP contribution is -2.13. The number of carbonyl (C=O) groups is 1. The van der Waals surface area contributed by atoms with Gasteiger partial charge in [-0.3, -0.25) is 14.0 Å². The van der Waals surface area contributed by atoms with Gasteiger partial charge in [0.2, 0.25) is 5.95 Å². The Labute approximate surface area is 210 Å². The van der Waals surface area contributed by atoms with E-state index in [1.807, 2.05) is 37.7 Å². The number of halogens is 3. The molecule has 3 heterocycles. The Hall–Kier alpha value is -4.47. The summed E-state index contributed by atoms with van der Waals surface area (Å²) in [6.45, 7) is 6.03. The lowest BCUT2D eigenvalue weighted by molar-refractivity contribution is -0.137. The zero-order valence-corrected chi connectivity index (χ0v) is 20.3. The Kier molecular flexibility index (Phi) is 6.02. The van der Waals surface area contributed by atoms with Gasteiger partial charge in [0.05, 0.1) is 23.0 Å². The average Bonchev–Trinajstić information content (AvgIpc) is 3.52. The van der Waals surface area contributed by atoms with Crippen molar-refractivity contribution in [3.05, 3.63) is 90.0 Å². The van der Waals surface area contributed by atoms with Crippen LogP contribution in [-0.4, -0.2) is 30.2 Å². The van der Waals surface area contributed by atoms with Crippen molar-refractivity contribution in [1.29, 1.82) is 0 Å². The molecule has 0 spiro atoms. The molecule has 0 aliphatic rings. The van der Waals surface area contributed by atoms with Gasteiger partial charge in [-0.2, -0.15) is 18.3 Å². The molecular formula is C27H23F3N6O. The second-order valence-corrected chi connectivity index (χ2v) is 9.00. The summed E-state index contributed by atoms with van der Waals surface area (Å²) in [5.74, 6) is -0.146. The molecule has 0 fully saturated rings. The normalized spacial score (nSPS) is 11.9. The lowest BCUT2D eigenvalue weighted by atomic mass is 10.1. The predicted molar refractivity (Wildman–Crippen MR) is 135 cm³/mol. The maximum Gasteiger partial charge on any atom is 0.416 e. The smallest absolute Gasteiger partial charge is 0.324 e. The van der Waals surface area contributed by atoms with Gasteiger partial charge in [0.15, 0.2) is 0 Å². The molecule has 0 atom stereocenters. The third-order valence-corrected chi connectivity index (χ3v) is 5.98. The van der Waals surface area contributed by atoms with Crippen molar-refractivity contribution in [1.82, 2.24) is 24.3 Å². The number of rotatable bonds is 5. The molecule has 2 aromatic carbocycles. The molecule has 0 unspecified atom stereocenters. The molecule has 3 aromatic heterocycles. The summed E-state index contributed by atoms with van der Waals surface area (Å²) < 4.78 is 42.5. The molecule has 5 rings (SSSR count). The molecule has 1 N–H and O–H groups in total. The van der Waals surface area contributed by atoms with E-state index in [4.69, 9.17) is 0 Å². The highest BCUT2D eigenvalue weighted by Crippen LogP contribution is 2.30. The Bertz CT molecular complexity index is 1620. The highest BCUT2D eigenvalue weighted by Gasteiger charge is 2.31. The largest absolute Gasteiger partial charge is 0.416 e. The van der Waals surface area contributed by atoms with Crippen LogP contribution in [0, 0.1) is 6.92 Å². The molecular weight excluding hydrogens is 481 g/mol. The van der Waals surface area contributed by atoms with Gasteiger partial charge < -0.3 is 5.32 Å². The van der Waals surface area contributed by atoms with Crippen molar-refractivity contribution < 1.29 is 18.0 Å². The standard InChI is InChI=1S/C27H23F3N6O/c1-16(2)36-15-20(14-32-36)24-17(3)13-31-26(34-24)33-22-7-8-23-18(12-22)9-10-35(23)25(37)19-5-4-6-21(11-19)27(28,29)30/h4-16H,1-3H3,(H,31,33,34). The van der Waals surface area contributed by atoms with E-state index in [2.05, 4.69) is 20.4 Å². The number of nitrogens with one attached hydrogen (secondary N) is 1. The summed E-state index contributed by atoms with van der Waals surface area (Å²) in [5, 5.41) is 8.31. The number of fused-ring (bicyclic) bond motifs is 1. The van der Waals surface area contributed by atoms with Crippen LogP contribution in [0.5, 0.6) is 0 Å². The van der Waals surface area contributed by atoms with Crippen molar-refractivity contribution in [3.8, 4) is 11.3 Å². The van der Waals surface area contributed by atoms with Gasteiger partial charge in [-0.1, -0.05) is 6.07 Å². The van der Waals surface area contributed by atoms with Crippen molar-refractivity contribution in [2.45, 2.75) is 33.0 Å². The van der Waals surface area contributed by atoms with Crippen LogP contribution in [0.3, 0.4) is 0 Å². The highest BCUT2D eigenvalue weighted by atomic mass is 19.4. The highest BCUT2D eigenvalue weighted by molar-refractivity contribution is 6.02. The van der Waals surface area contributed by atoms with E-state index in [9.17, 15) is 18.0 Å². The molecule has 0 aliphatic heterocycles. The molecule has 0 saturated carbocycles. The number of aromatic nitrogens is 5. The van der Waals surface area contributed by atoms with Gasteiger partial charge in [0.1, 0.15) is 0 Å². The molecule has 188 valence electrons. The maximum absolute atomic E-state index is 13.1. The number of benzene rings is 2. The number of carbonyl (C=O) groups excluding carboxylic acids is 1. The fraction of sp³-hybridized carbons (Fsp3) is 0.185. The second-order valence-electron chi connectivity index (χ2n) is 9.00.